The smallest absolute Gasteiger partial charge is 0.234 e. The third-order valence-electron chi connectivity index (χ3n) is 4.97. The Balaban J connectivity index is 1.37. The number of amides is 1. The standard InChI is InChI=1S/C23H20Br2N4O2S/c1-14-17-6-4-3-5-15(17)7-10-20(14)31-12-21-27-28-23(29(21)2)32-13-22(30)26-19-11-16(24)8-9-18(19)25/h3-11H,12-13H2,1-2H3,(H,26,30). The van der Waals surface area contributed by atoms with Gasteiger partial charge in [0.2, 0.25) is 5.91 Å². The highest BCUT2D eigenvalue weighted by atomic mass is 79.9. The maximum atomic E-state index is 12.4. The topological polar surface area (TPSA) is 69.0 Å². The maximum absolute atomic E-state index is 12.4. The average Bonchev–Trinajstić information content (AvgIpc) is 3.14. The molecule has 0 saturated heterocycles. The third kappa shape index (κ3) is 5.16. The lowest BCUT2D eigenvalue weighted by molar-refractivity contribution is -0.113. The van der Waals surface area contributed by atoms with Crippen LogP contribution in [0.25, 0.3) is 10.8 Å². The van der Waals surface area contributed by atoms with Crippen LogP contribution in [0, 0.1) is 6.92 Å². The molecule has 9 heteroatoms. The summed E-state index contributed by atoms with van der Waals surface area (Å²) in [6, 6.07) is 17.9. The van der Waals surface area contributed by atoms with Crippen LogP contribution < -0.4 is 10.1 Å². The number of anilines is 1. The Bertz CT molecular complexity index is 1290. The Labute approximate surface area is 207 Å². The first kappa shape index (κ1) is 22.8. The maximum Gasteiger partial charge on any atom is 0.234 e. The van der Waals surface area contributed by atoms with E-state index in [2.05, 4.69) is 72.5 Å². The number of benzene rings is 3. The number of aryl methyl sites for hydroxylation is 1. The number of halogens is 2. The van der Waals surface area contributed by atoms with E-state index in [0.29, 0.717) is 23.3 Å². The van der Waals surface area contributed by atoms with Crippen molar-refractivity contribution in [3.8, 4) is 5.75 Å². The summed E-state index contributed by atoms with van der Waals surface area (Å²) in [5.41, 5.74) is 1.80. The zero-order valence-corrected chi connectivity index (χ0v) is 21.4. The van der Waals surface area contributed by atoms with E-state index in [1.54, 1.807) is 0 Å². The largest absolute Gasteiger partial charge is 0.485 e. The number of carbonyl (C=O) groups is 1. The van der Waals surface area contributed by atoms with E-state index in [1.807, 2.05) is 48.0 Å². The molecule has 1 heterocycles. The molecule has 0 aliphatic carbocycles. The van der Waals surface area contributed by atoms with E-state index < -0.39 is 0 Å². The summed E-state index contributed by atoms with van der Waals surface area (Å²) in [6.45, 7) is 2.35. The molecule has 164 valence electrons. The molecule has 0 saturated carbocycles. The summed E-state index contributed by atoms with van der Waals surface area (Å²) < 4.78 is 9.60. The molecule has 0 radical (unpaired) electrons. The molecule has 0 spiro atoms. The van der Waals surface area contributed by atoms with E-state index in [4.69, 9.17) is 4.74 Å². The van der Waals surface area contributed by atoms with Crippen molar-refractivity contribution >= 4 is 66.0 Å². The molecule has 4 aromatic rings. The highest BCUT2D eigenvalue weighted by Crippen LogP contribution is 2.28. The molecule has 0 bridgehead atoms. The van der Waals surface area contributed by atoms with Crippen LogP contribution >= 0.6 is 43.6 Å². The van der Waals surface area contributed by atoms with Crippen molar-refractivity contribution in [3.63, 3.8) is 0 Å². The minimum atomic E-state index is -0.124. The second-order valence-corrected chi connectivity index (χ2v) is 9.83. The zero-order valence-electron chi connectivity index (χ0n) is 17.4. The van der Waals surface area contributed by atoms with Crippen molar-refractivity contribution in [2.24, 2.45) is 7.05 Å². The molecule has 0 fully saturated rings. The fourth-order valence-corrected chi connectivity index (χ4v) is 4.65. The van der Waals surface area contributed by atoms with Gasteiger partial charge in [-0.15, -0.1) is 10.2 Å². The van der Waals surface area contributed by atoms with Gasteiger partial charge in [0.05, 0.1) is 11.4 Å². The number of nitrogens with one attached hydrogen (secondary N) is 1. The van der Waals surface area contributed by atoms with E-state index in [1.165, 1.54) is 22.5 Å². The number of hydrogen-bond donors (Lipinski definition) is 1. The predicted molar refractivity (Wildman–Crippen MR) is 135 cm³/mol. The fraction of sp³-hybridized carbons (Fsp3) is 0.174. The van der Waals surface area contributed by atoms with Gasteiger partial charge in [0.1, 0.15) is 12.4 Å². The number of rotatable bonds is 7. The predicted octanol–water partition coefficient (Wildman–Crippen LogP) is 6.11. The number of hydrogen-bond acceptors (Lipinski definition) is 5. The molecule has 32 heavy (non-hydrogen) atoms. The molecule has 0 unspecified atom stereocenters. The Morgan fingerprint density at radius 3 is 2.78 bits per heavy atom. The van der Waals surface area contributed by atoms with Crippen LogP contribution in [0.15, 0.2) is 68.7 Å². The number of ether oxygens (including phenoxy) is 1. The first-order valence-electron chi connectivity index (χ1n) is 9.79. The highest BCUT2D eigenvalue weighted by molar-refractivity contribution is 9.11. The van der Waals surface area contributed by atoms with Gasteiger partial charge in [0.15, 0.2) is 11.0 Å². The van der Waals surface area contributed by atoms with Crippen molar-refractivity contribution in [2.45, 2.75) is 18.7 Å². The number of thioether (sulfide) groups is 1. The van der Waals surface area contributed by atoms with Crippen LogP contribution in [0.5, 0.6) is 5.75 Å². The van der Waals surface area contributed by atoms with Crippen molar-refractivity contribution in [3.05, 3.63) is 74.9 Å². The second kappa shape index (κ2) is 10.1. The van der Waals surface area contributed by atoms with Crippen LogP contribution in [0.3, 0.4) is 0 Å². The highest BCUT2D eigenvalue weighted by Gasteiger charge is 2.14. The summed E-state index contributed by atoms with van der Waals surface area (Å²) in [7, 11) is 1.87. The van der Waals surface area contributed by atoms with Crippen molar-refractivity contribution in [1.82, 2.24) is 14.8 Å². The van der Waals surface area contributed by atoms with Gasteiger partial charge in [0.25, 0.3) is 0 Å². The van der Waals surface area contributed by atoms with E-state index in [0.717, 1.165) is 20.3 Å². The van der Waals surface area contributed by atoms with Crippen LogP contribution in [0.2, 0.25) is 0 Å². The average molecular weight is 576 g/mol. The SMILES string of the molecule is Cc1c(OCc2nnc(SCC(=O)Nc3cc(Br)ccc3Br)n2C)ccc2ccccc12. The van der Waals surface area contributed by atoms with E-state index >= 15 is 0 Å². The fourth-order valence-electron chi connectivity index (χ4n) is 3.21. The summed E-state index contributed by atoms with van der Waals surface area (Å²) in [6.07, 6.45) is 0. The number of aromatic nitrogens is 3. The van der Waals surface area contributed by atoms with Gasteiger partial charge in [0, 0.05) is 16.0 Å². The van der Waals surface area contributed by atoms with Crippen LogP contribution in [0.1, 0.15) is 11.4 Å². The van der Waals surface area contributed by atoms with Crippen molar-refractivity contribution in [2.75, 3.05) is 11.1 Å². The molecular weight excluding hydrogens is 556 g/mol. The van der Waals surface area contributed by atoms with Gasteiger partial charge in [-0.1, -0.05) is 58.0 Å². The lowest BCUT2D eigenvalue weighted by Gasteiger charge is -2.11. The minimum absolute atomic E-state index is 0.124. The molecule has 1 N–H and O–H groups in total. The van der Waals surface area contributed by atoms with Crippen LogP contribution in [-0.2, 0) is 18.4 Å². The molecule has 3 aromatic carbocycles. The van der Waals surface area contributed by atoms with Gasteiger partial charge in [-0.05, 0) is 63.5 Å². The molecular formula is C23H20Br2N4O2S. The quantitative estimate of drug-likeness (QED) is 0.269. The van der Waals surface area contributed by atoms with Gasteiger partial charge >= 0.3 is 0 Å². The van der Waals surface area contributed by atoms with Crippen molar-refractivity contribution in [1.29, 1.82) is 0 Å². The van der Waals surface area contributed by atoms with Gasteiger partial charge < -0.3 is 14.6 Å². The molecule has 1 amide bonds. The normalized spacial score (nSPS) is 11.0. The summed E-state index contributed by atoms with van der Waals surface area (Å²) in [5, 5.41) is 14.3. The van der Waals surface area contributed by atoms with Gasteiger partial charge in [-0.25, -0.2) is 0 Å². The second-order valence-electron chi connectivity index (χ2n) is 7.12. The van der Waals surface area contributed by atoms with Crippen molar-refractivity contribution < 1.29 is 9.53 Å². The van der Waals surface area contributed by atoms with Crippen LogP contribution in [-0.4, -0.2) is 26.4 Å². The molecule has 4 rings (SSSR count). The molecule has 0 aliphatic rings. The first-order chi connectivity index (χ1) is 15.4. The molecule has 6 nitrogen and oxygen atoms in total. The Morgan fingerprint density at radius 2 is 1.94 bits per heavy atom. The molecule has 1 aromatic heterocycles. The number of fused-ring (bicyclic) bond motifs is 1. The first-order valence-corrected chi connectivity index (χ1v) is 12.4. The lowest BCUT2D eigenvalue weighted by Crippen LogP contribution is -2.15. The van der Waals surface area contributed by atoms with E-state index in [-0.39, 0.29) is 11.7 Å². The van der Waals surface area contributed by atoms with Gasteiger partial charge in [-0.2, -0.15) is 0 Å². The Morgan fingerprint density at radius 1 is 1.12 bits per heavy atom. The van der Waals surface area contributed by atoms with Crippen LogP contribution in [0.4, 0.5) is 5.69 Å². The summed E-state index contributed by atoms with van der Waals surface area (Å²) in [4.78, 5) is 12.4. The number of nitrogens with zero attached hydrogens (tertiary/aromatic N) is 3. The Hall–Kier alpha value is -2.36. The molecule has 0 atom stereocenters. The summed E-state index contributed by atoms with van der Waals surface area (Å²) in [5.74, 6) is 1.60. The molecule has 0 aliphatic heterocycles. The number of carbonyl (C=O) groups excluding carboxylic acids is 1. The van der Waals surface area contributed by atoms with Gasteiger partial charge in [-0.3, -0.25) is 4.79 Å². The van der Waals surface area contributed by atoms with E-state index in [9.17, 15) is 4.79 Å². The zero-order chi connectivity index (χ0) is 22.7. The Kier molecular flexibility index (Phi) is 7.17. The lowest BCUT2D eigenvalue weighted by atomic mass is 10.0. The minimum Gasteiger partial charge on any atom is -0.485 e. The monoisotopic (exact) mass is 574 g/mol. The summed E-state index contributed by atoms with van der Waals surface area (Å²) >= 11 is 8.18. The third-order valence-corrected chi connectivity index (χ3v) is 7.17.